The summed E-state index contributed by atoms with van der Waals surface area (Å²) < 4.78 is 15.9. The third-order valence-electron chi connectivity index (χ3n) is 4.49. The molecule has 0 bridgehead atoms. The number of Topliss-reactive ketones (excluding diaryl/α,β-unsaturated/α-hetero) is 1. The number of carbonyl (C=O) groups excluding carboxylic acids is 2. The quantitative estimate of drug-likeness (QED) is 0.668. The van der Waals surface area contributed by atoms with Gasteiger partial charge in [-0.1, -0.05) is 17.7 Å². The lowest BCUT2D eigenvalue weighted by Crippen LogP contribution is -2.23. The third-order valence-corrected chi connectivity index (χ3v) is 4.49. The molecule has 1 amide bonds. The zero-order valence-corrected chi connectivity index (χ0v) is 17.0. The first kappa shape index (κ1) is 21.3. The van der Waals surface area contributed by atoms with E-state index in [4.69, 9.17) is 14.2 Å². The van der Waals surface area contributed by atoms with Gasteiger partial charge in [-0.25, -0.2) is 0 Å². The molecule has 0 unspecified atom stereocenters. The smallest absolute Gasteiger partial charge is 0.220 e. The molecule has 0 heterocycles. The number of ketones is 1. The van der Waals surface area contributed by atoms with Crippen LogP contribution < -0.4 is 19.5 Å². The topological polar surface area (TPSA) is 73.9 Å². The highest BCUT2D eigenvalue weighted by Gasteiger charge is 2.15. The van der Waals surface area contributed by atoms with E-state index >= 15 is 0 Å². The second-order valence-corrected chi connectivity index (χ2v) is 6.55. The predicted molar refractivity (Wildman–Crippen MR) is 107 cm³/mol. The molecule has 150 valence electrons. The fourth-order valence-corrected chi connectivity index (χ4v) is 2.92. The molecule has 2 aromatic rings. The Bertz CT molecular complexity index is 835. The number of aryl methyl sites for hydroxylation is 2. The van der Waals surface area contributed by atoms with E-state index in [9.17, 15) is 9.59 Å². The summed E-state index contributed by atoms with van der Waals surface area (Å²) in [6, 6.07) is 9.32. The maximum absolute atomic E-state index is 12.4. The number of hydrogen-bond donors (Lipinski definition) is 1. The molecule has 1 N–H and O–H groups in total. The number of methoxy groups -OCH3 is 3. The summed E-state index contributed by atoms with van der Waals surface area (Å²) in [4.78, 5) is 24.6. The molecule has 0 aliphatic rings. The van der Waals surface area contributed by atoms with Crippen LogP contribution in [0.1, 0.15) is 39.9 Å². The molecule has 6 heteroatoms. The average molecular weight is 385 g/mol. The SMILES string of the molecule is COc1cc(CNC(=O)CCC(=O)c2cc(C)ccc2C)cc(OC)c1OC. The molecule has 0 aliphatic carbocycles. The summed E-state index contributed by atoms with van der Waals surface area (Å²) in [5.74, 6) is 1.34. The van der Waals surface area contributed by atoms with Crippen LogP contribution in [0.25, 0.3) is 0 Å². The average Bonchev–Trinajstić information content (AvgIpc) is 2.71. The van der Waals surface area contributed by atoms with E-state index in [-0.39, 0.29) is 24.5 Å². The van der Waals surface area contributed by atoms with Gasteiger partial charge in [0.2, 0.25) is 11.7 Å². The van der Waals surface area contributed by atoms with Crippen LogP contribution in [0.5, 0.6) is 17.2 Å². The number of nitrogens with one attached hydrogen (secondary N) is 1. The number of benzene rings is 2. The van der Waals surface area contributed by atoms with Crippen molar-refractivity contribution < 1.29 is 23.8 Å². The minimum Gasteiger partial charge on any atom is -0.493 e. The first-order chi connectivity index (χ1) is 13.4. The van der Waals surface area contributed by atoms with Crippen LogP contribution in [0.4, 0.5) is 0 Å². The maximum Gasteiger partial charge on any atom is 0.220 e. The zero-order chi connectivity index (χ0) is 20.7. The van der Waals surface area contributed by atoms with E-state index in [0.717, 1.165) is 16.7 Å². The van der Waals surface area contributed by atoms with Crippen molar-refractivity contribution in [2.75, 3.05) is 21.3 Å². The van der Waals surface area contributed by atoms with Crippen LogP contribution in [0.2, 0.25) is 0 Å². The normalized spacial score (nSPS) is 10.3. The van der Waals surface area contributed by atoms with E-state index in [1.807, 2.05) is 32.0 Å². The Balaban J connectivity index is 1.95. The molecule has 0 fully saturated rings. The lowest BCUT2D eigenvalue weighted by molar-refractivity contribution is -0.121. The van der Waals surface area contributed by atoms with Gasteiger partial charge in [0.15, 0.2) is 17.3 Å². The predicted octanol–water partition coefficient (Wildman–Crippen LogP) is 3.61. The number of hydrogen-bond acceptors (Lipinski definition) is 5. The molecule has 0 radical (unpaired) electrons. The molecule has 2 rings (SSSR count). The molecule has 6 nitrogen and oxygen atoms in total. The Morgan fingerprint density at radius 2 is 1.54 bits per heavy atom. The van der Waals surface area contributed by atoms with Crippen molar-refractivity contribution in [1.29, 1.82) is 0 Å². The molecule has 28 heavy (non-hydrogen) atoms. The van der Waals surface area contributed by atoms with E-state index < -0.39 is 0 Å². The molecule has 0 spiro atoms. The molecule has 0 saturated carbocycles. The first-order valence-electron chi connectivity index (χ1n) is 9.05. The highest BCUT2D eigenvalue weighted by Crippen LogP contribution is 2.38. The van der Waals surface area contributed by atoms with Crippen molar-refractivity contribution in [3.8, 4) is 17.2 Å². The van der Waals surface area contributed by atoms with Gasteiger partial charge < -0.3 is 19.5 Å². The molecular formula is C22H27NO5. The molecule has 0 atom stereocenters. The number of amides is 1. The Labute approximate surface area is 165 Å². The molecule has 0 aliphatic heterocycles. The Hall–Kier alpha value is -3.02. The van der Waals surface area contributed by atoms with Crippen LogP contribution in [0, 0.1) is 13.8 Å². The van der Waals surface area contributed by atoms with E-state index in [1.165, 1.54) is 7.11 Å². The van der Waals surface area contributed by atoms with Gasteiger partial charge in [-0.3, -0.25) is 9.59 Å². The Kier molecular flexibility index (Phi) is 7.44. The lowest BCUT2D eigenvalue weighted by Gasteiger charge is -2.14. The van der Waals surface area contributed by atoms with Gasteiger partial charge >= 0.3 is 0 Å². The number of ether oxygens (including phenoxy) is 3. The van der Waals surface area contributed by atoms with Crippen molar-refractivity contribution in [2.45, 2.75) is 33.2 Å². The van der Waals surface area contributed by atoms with Crippen LogP contribution in [0.15, 0.2) is 30.3 Å². The van der Waals surface area contributed by atoms with Crippen molar-refractivity contribution in [3.63, 3.8) is 0 Å². The minimum atomic E-state index is -0.188. The summed E-state index contributed by atoms with van der Waals surface area (Å²) in [5.41, 5.74) is 3.44. The summed E-state index contributed by atoms with van der Waals surface area (Å²) in [6.45, 7) is 4.14. The van der Waals surface area contributed by atoms with Crippen LogP contribution in [-0.2, 0) is 11.3 Å². The highest BCUT2D eigenvalue weighted by molar-refractivity contribution is 5.99. The van der Waals surface area contributed by atoms with Gasteiger partial charge in [-0.15, -0.1) is 0 Å². The Morgan fingerprint density at radius 1 is 0.893 bits per heavy atom. The highest BCUT2D eigenvalue weighted by atomic mass is 16.5. The van der Waals surface area contributed by atoms with E-state index in [1.54, 1.807) is 26.4 Å². The molecule has 0 aromatic heterocycles. The summed E-state index contributed by atoms with van der Waals surface area (Å²) in [5, 5.41) is 2.83. The molecular weight excluding hydrogens is 358 g/mol. The monoisotopic (exact) mass is 385 g/mol. The van der Waals surface area contributed by atoms with Crippen LogP contribution >= 0.6 is 0 Å². The van der Waals surface area contributed by atoms with Gasteiger partial charge in [0, 0.05) is 24.9 Å². The fourth-order valence-electron chi connectivity index (χ4n) is 2.92. The van der Waals surface area contributed by atoms with Crippen molar-refractivity contribution in [1.82, 2.24) is 5.32 Å². The fraction of sp³-hybridized carbons (Fsp3) is 0.364. The summed E-state index contributed by atoms with van der Waals surface area (Å²) in [7, 11) is 4.62. The van der Waals surface area contributed by atoms with Crippen LogP contribution in [-0.4, -0.2) is 33.0 Å². The maximum atomic E-state index is 12.4. The number of carbonyl (C=O) groups is 2. The van der Waals surface area contributed by atoms with Crippen molar-refractivity contribution >= 4 is 11.7 Å². The van der Waals surface area contributed by atoms with E-state index in [2.05, 4.69) is 5.32 Å². The van der Waals surface area contributed by atoms with Gasteiger partial charge in [0.25, 0.3) is 0 Å². The van der Waals surface area contributed by atoms with E-state index in [0.29, 0.717) is 29.4 Å². The van der Waals surface area contributed by atoms with Crippen LogP contribution in [0.3, 0.4) is 0 Å². The Morgan fingerprint density at radius 3 is 2.11 bits per heavy atom. The largest absolute Gasteiger partial charge is 0.493 e. The summed E-state index contributed by atoms with van der Waals surface area (Å²) >= 11 is 0. The van der Waals surface area contributed by atoms with Gasteiger partial charge in [0.05, 0.1) is 21.3 Å². The number of rotatable bonds is 9. The molecule has 2 aromatic carbocycles. The minimum absolute atomic E-state index is 0.0239. The third kappa shape index (κ3) is 5.25. The van der Waals surface area contributed by atoms with Gasteiger partial charge in [0.1, 0.15) is 0 Å². The zero-order valence-electron chi connectivity index (χ0n) is 17.0. The van der Waals surface area contributed by atoms with Gasteiger partial charge in [-0.05, 0) is 43.2 Å². The van der Waals surface area contributed by atoms with Crippen molar-refractivity contribution in [3.05, 3.63) is 52.6 Å². The lowest BCUT2D eigenvalue weighted by atomic mass is 9.99. The second kappa shape index (κ2) is 9.78. The molecule has 0 saturated heterocycles. The standard InChI is InChI=1S/C22H27NO5/c1-14-6-7-15(2)17(10-14)18(24)8-9-21(25)23-13-16-11-19(26-3)22(28-5)20(12-16)27-4/h6-7,10-12H,8-9,13H2,1-5H3,(H,23,25). The van der Waals surface area contributed by atoms with Gasteiger partial charge in [-0.2, -0.15) is 0 Å². The summed E-state index contributed by atoms with van der Waals surface area (Å²) in [6.07, 6.45) is 0.308. The first-order valence-corrected chi connectivity index (χ1v) is 9.05. The second-order valence-electron chi connectivity index (χ2n) is 6.55. The van der Waals surface area contributed by atoms with Crippen molar-refractivity contribution in [2.24, 2.45) is 0 Å².